The Hall–Kier alpha value is -2.82. The number of nitrogens with zero attached hydrogens (tertiary/aromatic N) is 1. The van der Waals surface area contributed by atoms with Crippen LogP contribution in [0.3, 0.4) is 0 Å². The summed E-state index contributed by atoms with van der Waals surface area (Å²) < 4.78 is 5.68. The molecule has 0 spiro atoms. The molecule has 2 aromatic rings. The summed E-state index contributed by atoms with van der Waals surface area (Å²) in [6.07, 6.45) is 1.76. The highest BCUT2D eigenvalue weighted by molar-refractivity contribution is 5.88. The average Bonchev–Trinajstić information content (AvgIpc) is 3.37. The van der Waals surface area contributed by atoms with Gasteiger partial charge in [0.25, 0.3) is 0 Å². The fraction of sp³-hybridized carbons (Fsp3) is 0.364. The molecule has 2 fully saturated rings. The van der Waals surface area contributed by atoms with E-state index < -0.39 is 17.6 Å². The van der Waals surface area contributed by atoms with Crippen LogP contribution in [0.5, 0.6) is 0 Å². The van der Waals surface area contributed by atoms with E-state index in [4.69, 9.17) is 4.74 Å². The summed E-state index contributed by atoms with van der Waals surface area (Å²) >= 11 is 0. The minimum Gasteiger partial charge on any atom is -0.479 e. The van der Waals surface area contributed by atoms with Crippen LogP contribution < -0.4 is 0 Å². The number of aliphatic carboxylic acids is 1. The summed E-state index contributed by atoms with van der Waals surface area (Å²) in [4.78, 5) is 26.0. The SMILES string of the molecule is O=C(OCC1c2ccccc2-c2ccccc21)N1CCCC2CC21C(=O)O. The lowest BCUT2D eigenvalue weighted by Crippen LogP contribution is -2.51. The van der Waals surface area contributed by atoms with E-state index in [0.29, 0.717) is 13.0 Å². The summed E-state index contributed by atoms with van der Waals surface area (Å²) in [6.45, 7) is 0.684. The summed E-state index contributed by atoms with van der Waals surface area (Å²) in [5.74, 6) is -0.841. The fourth-order valence-electron chi connectivity index (χ4n) is 4.99. The lowest BCUT2D eigenvalue weighted by Gasteiger charge is -2.33. The predicted octanol–water partition coefficient (Wildman–Crippen LogP) is 3.87. The van der Waals surface area contributed by atoms with Crippen molar-refractivity contribution in [3.05, 3.63) is 59.7 Å². The Morgan fingerprint density at radius 1 is 1.07 bits per heavy atom. The molecule has 3 aliphatic rings. The van der Waals surface area contributed by atoms with Gasteiger partial charge in [-0.3, -0.25) is 4.90 Å². The number of hydrogen-bond donors (Lipinski definition) is 1. The first kappa shape index (κ1) is 16.4. The van der Waals surface area contributed by atoms with Crippen molar-refractivity contribution in [3.63, 3.8) is 0 Å². The first-order valence-corrected chi connectivity index (χ1v) is 9.49. The molecule has 27 heavy (non-hydrogen) atoms. The number of carbonyl (C=O) groups excluding carboxylic acids is 1. The molecule has 2 aromatic carbocycles. The number of carboxylic acids is 1. The van der Waals surface area contributed by atoms with Crippen LogP contribution in [0.4, 0.5) is 4.79 Å². The monoisotopic (exact) mass is 363 g/mol. The van der Waals surface area contributed by atoms with Gasteiger partial charge in [0.05, 0.1) is 0 Å². The highest BCUT2D eigenvalue weighted by Gasteiger charge is 2.67. The van der Waals surface area contributed by atoms with E-state index in [0.717, 1.165) is 24.0 Å². The Kier molecular flexibility index (Phi) is 3.54. The number of likely N-dealkylation sites (tertiary alicyclic amines) is 1. The van der Waals surface area contributed by atoms with Gasteiger partial charge in [0.1, 0.15) is 12.1 Å². The first-order valence-electron chi connectivity index (χ1n) is 9.49. The van der Waals surface area contributed by atoms with Gasteiger partial charge in [0.2, 0.25) is 0 Å². The van der Waals surface area contributed by atoms with Gasteiger partial charge >= 0.3 is 12.1 Å². The second-order valence-electron chi connectivity index (χ2n) is 7.73. The van der Waals surface area contributed by atoms with Gasteiger partial charge in [-0.1, -0.05) is 48.5 Å². The maximum absolute atomic E-state index is 12.8. The number of hydrogen-bond acceptors (Lipinski definition) is 3. The minimum atomic E-state index is -1.03. The summed E-state index contributed by atoms with van der Waals surface area (Å²) in [6, 6.07) is 16.4. The Balaban J connectivity index is 1.37. The molecule has 1 heterocycles. The van der Waals surface area contributed by atoms with Crippen molar-refractivity contribution in [2.75, 3.05) is 13.2 Å². The van der Waals surface area contributed by atoms with Gasteiger partial charge in [-0.25, -0.2) is 9.59 Å². The van der Waals surface area contributed by atoms with Crippen LogP contribution in [-0.2, 0) is 9.53 Å². The average molecular weight is 363 g/mol. The Morgan fingerprint density at radius 3 is 2.33 bits per heavy atom. The zero-order valence-electron chi connectivity index (χ0n) is 14.9. The molecule has 2 unspecified atom stereocenters. The van der Waals surface area contributed by atoms with Crippen LogP contribution in [0.15, 0.2) is 48.5 Å². The van der Waals surface area contributed by atoms with Gasteiger partial charge in [-0.05, 0) is 47.4 Å². The van der Waals surface area contributed by atoms with Crippen LogP contribution in [0.2, 0.25) is 0 Å². The van der Waals surface area contributed by atoms with E-state index in [2.05, 4.69) is 24.3 Å². The van der Waals surface area contributed by atoms with Crippen molar-refractivity contribution in [2.24, 2.45) is 5.92 Å². The molecule has 1 saturated carbocycles. The van der Waals surface area contributed by atoms with Crippen molar-refractivity contribution < 1.29 is 19.4 Å². The van der Waals surface area contributed by atoms with Crippen molar-refractivity contribution in [1.29, 1.82) is 0 Å². The quantitative estimate of drug-likeness (QED) is 0.899. The third-order valence-corrected chi connectivity index (χ3v) is 6.42. The third-order valence-electron chi connectivity index (χ3n) is 6.42. The zero-order valence-corrected chi connectivity index (χ0v) is 14.9. The molecule has 1 N–H and O–H groups in total. The second kappa shape index (κ2) is 5.84. The van der Waals surface area contributed by atoms with E-state index in [1.807, 2.05) is 24.3 Å². The van der Waals surface area contributed by atoms with Crippen LogP contribution in [0.25, 0.3) is 11.1 Å². The van der Waals surface area contributed by atoms with E-state index in [1.165, 1.54) is 16.0 Å². The van der Waals surface area contributed by atoms with Crippen LogP contribution in [0.1, 0.15) is 36.3 Å². The smallest absolute Gasteiger partial charge is 0.410 e. The van der Waals surface area contributed by atoms with Crippen LogP contribution >= 0.6 is 0 Å². The number of fused-ring (bicyclic) bond motifs is 4. The van der Waals surface area contributed by atoms with Crippen molar-refractivity contribution in [2.45, 2.75) is 30.7 Å². The Morgan fingerprint density at radius 2 is 1.70 bits per heavy atom. The number of amides is 1. The van der Waals surface area contributed by atoms with E-state index in [1.54, 1.807) is 0 Å². The summed E-state index contributed by atoms with van der Waals surface area (Å²) in [7, 11) is 0. The van der Waals surface area contributed by atoms with Crippen LogP contribution in [0, 0.1) is 5.92 Å². The van der Waals surface area contributed by atoms with Crippen LogP contribution in [-0.4, -0.2) is 40.8 Å². The van der Waals surface area contributed by atoms with Gasteiger partial charge in [0, 0.05) is 12.5 Å². The predicted molar refractivity (Wildman–Crippen MR) is 99.5 cm³/mol. The van der Waals surface area contributed by atoms with Gasteiger partial charge in [-0.15, -0.1) is 0 Å². The fourth-order valence-corrected chi connectivity index (χ4v) is 4.99. The molecular formula is C22H21NO4. The maximum Gasteiger partial charge on any atom is 0.410 e. The zero-order chi connectivity index (χ0) is 18.6. The lowest BCUT2D eigenvalue weighted by atomic mass is 9.98. The molecule has 5 nitrogen and oxygen atoms in total. The Bertz CT molecular complexity index is 894. The van der Waals surface area contributed by atoms with Gasteiger partial charge in [0.15, 0.2) is 0 Å². The van der Waals surface area contributed by atoms with E-state index >= 15 is 0 Å². The molecule has 2 atom stereocenters. The number of benzene rings is 2. The molecule has 5 heteroatoms. The molecule has 0 bridgehead atoms. The van der Waals surface area contributed by atoms with Crippen molar-refractivity contribution in [1.82, 2.24) is 4.90 Å². The highest BCUT2D eigenvalue weighted by atomic mass is 16.6. The van der Waals surface area contributed by atoms with Crippen molar-refractivity contribution >= 4 is 12.1 Å². The normalized spacial score (nSPS) is 25.3. The van der Waals surface area contributed by atoms with Crippen molar-refractivity contribution in [3.8, 4) is 11.1 Å². The topological polar surface area (TPSA) is 66.8 Å². The molecular weight excluding hydrogens is 342 g/mol. The minimum absolute atomic E-state index is 0.0121. The Labute approximate surface area is 157 Å². The largest absolute Gasteiger partial charge is 0.479 e. The number of rotatable bonds is 3. The van der Waals surface area contributed by atoms with Gasteiger partial charge < -0.3 is 9.84 Å². The number of piperidine rings is 1. The van der Waals surface area contributed by atoms with E-state index in [-0.39, 0.29) is 18.4 Å². The summed E-state index contributed by atoms with van der Waals surface area (Å²) in [5, 5.41) is 9.65. The highest BCUT2D eigenvalue weighted by Crippen LogP contribution is 2.54. The molecule has 1 aliphatic heterocycles. The molecule has 0 radical (unpaired) electrons. The summed E-state index contributed by atoms with van der Waals surface area (Å²) in [5.41, 5.74) is 3.64. The second-order valence-corrected chi connectivity index (χ2v) is 7.73. The molecule has 5 rings (SSSR count). The molecule has 138 valence electrons. The number of ether oxygens (including phenoxy) is 1. The molecule has 0 aromatic heterocycles. The van der Waals surface area contributed by atoms with E-state index in [9.17, 15) is 14.7 Å². The third kappa shape index (κ3) is 2.30. The lowest BCUT2D eigenvalue weighted by molar-refractivity contribution is -0.146. The van der Waals surface area contributed by atoms with Gasteiger partial charge in [-0.2, -0.15) is 0 Å². The number of carbonyl (C=O) groups is 2. The first-order chi connectivity index (χ1) is 13.1. The molecule has 1 amide bonds. The molecule has 2 aliphatic carbocycles. The standard InChI is InChI=1S/C22H21NO4/c24-20(25)22-12-14(22)6-5-11-23(22)21(26)27-13-19-17-9-3-1-7-15(17)16-8-2-4-10-18(16)19/h1-4,7-10,14,19H,5-6,11-13H2,(H,24,25). The maximum atomic E-state index is 12.8. The molecule has 1 saturated heterocycles. The number of carboxylic acid groups (broad SMARTS) is 1.